The van der Waals surface area contributed by atoms with Gasteiger partial charge in [-0.1, -0.05) is 37.3 Å². The number of hydrogen-bond donors (Lipinski definition) is 0. The lowest BCUT2D eigenvalue weighted by atomic mass is 10.1. The van der Waals surface area contributed by atoms with Crippen molar-refractivity contribution in [3.8, 4) is 0 Å². The van der Waals surface area contributed by atoms with Crippen LogP contribution in [0, 0.1) is 0 Å². The van der Waals surface area contributed by atoms with Gasteiger partial charge in [0.25, 0.3) is 0 Å². The number of rotatable bonds is 7. The number of esters is 1. The van der Waals surface area contributed by atoms with Crippen molar-refractivity contribution >= 4 is 23.5 Å². The highest BCUT2D eigenvalue weighted by atomic mass is 32.2. The maximum atomic E-state index is 11.9. The molecule has 0 amide bonds. The van der Waals surface area contributed by atoms with E-state index in [1.165, 1.54) is 18.7 Å². The quantitative estimate of drug-likeness (QED) is 0.562. The van der Waals surface area contributed by atoms with E-state index in [1.807, 2.05) is 37.3 Å². The molecule has 0 spiro atoms. The first kappa shape index (κ1) is 14.8. The summed E-state index contributed by atoms with van der Waals surface area (Å²) in [5, 5.41) is 0. The van der Waals surface area contributed by atoms with Crippen molar-refractivity contribution in [1.82, 2.24) is 0 Å². The van der Waals surface area contributed by atoms with E-state index in [9.17, 15) is 9.59 Å². The van der Waals surface area contributed by atoms with Gasteiger partial charge in [0.1, 0.15) is 0 Å². The number of ketones is 1. The van der Waals surface area contributed by atoms with Gasteiger partial charge in [-0.15, -0.1) is 11.8 Å². The van der Waals surface area contributed by atoms with Gasteiger partial charge in [0.15, 0.2) is 5.78 Å². The third-order valence-electron chi connectivity index (χ3n) is 2.36. The van der Waals surface area contributed by atoms with E-state index in [2.05, 4.69) is 0 Å². The zero-order valence-electron chi connectivity index (χ0n) is 10.7. The molecule has 0 aliphatic heterocycles. The molecular weight excluding hydrogens is 248 g/mol. The fourth-order valence-corrected chi connectivity index (χ4v) is 2.33. The number of ether oxygens (including phenoxy) is 1. The topological polar surface area (TPSA) is 43.4 Å². The normalized spacial score (nSPS) is 11.9. The molecule has 0 aromatic heterocycles. The average molecular weight is 266 g/mol. The molecule has 0 radical (unpaired) electrons. The van der Waals surface area contributed by atoms with Crippen molar-refractivity contribution in [3.63, 3.8) is 0 Å². The Labute approximate surface area is 112 Å². The molecule has 0 saturated heterocycles. The Bertz CT molecular complexity index is 389. The minimum absolute atomic E-state index is 0.0269. The standard InChI is InChI=1S/C14H18O3S/c1-3-18-14(17-11(2)15)13(16)10-9-12-7-5-4-6-8-12/h4-8,14H,3,9-10H2,1-2H3. The highest BCUT2D eigenvalue weighted by molar-refractivity contribution is 8.00. The zero-order valence-corrected chi connectivity index (χ0v) is 11.5. The van der Waals surface area contributed by atoms with Gasteiger partial charge in [0.2, 0.25) is 5.44 Å². The molecule has 0 bridgehead atoms. The number of carbonyl (C=O) groups is 2. The Morgan fingerprint density at radius 3 is 2.50 bits per heavy atom. The Balaban J connectivity index is 2.48. The second-order valence-electron chi connectivity index (χ2n) is 3.85. The molecule has 1 aromatic rings. The van der Waals surface area contributed by atoms with E-state index < -0.39 is 11.4 Å². The van der Waals surface area contributed by atoms with Crippen LogP contribution in [0.1, 0.15) is 25.8 Å². The van der Waals surface area contributed by atoms with Crippen molar-refractivity contribution in [2.75, 3.05) is 5.75 Å². The Hall–Kier alpha value is -1.29. The van der Waals surface area contributed by atoms with Crippen LogP contribution in [-0.4, -0.2) is 22.9 Å². The first-order valence-corrected chi connectivity index (χ1v) is 7.03. The smallest absolute Gasteiger partial charge is 0.304 e. The van der Waals surface area contributed by atoms with Crippen molar-refractivity contribution in [1.29, 1.82) is 0 Å². The molecule has 0 aliphatic rings. The van der Waals surface area contributed by atoms with Gasteiger partial charge in [-0.3, -0.25) is 9.59 Å². The second kappa shape index (κ2) is 7.93. The van der Waals surface area contributed by atoms with Crippen LogP contribution in [-0.2, 0) is 20.7 Å². The van der Waals surface area contributed by atoms with Gasteiger partial charge in [0, 0.05) is 13.3 Å². The van der Waals surface area contributed by atoms with E-state index >= 15 is 0 Å². The highest BCUT2D eigenvalue weighted by Gasteiger charge is 2.20. The Morgan fingerprint density at radius 1 is 1.28 bits per heavy atom. The number of hydrogen-bond acceptors (Lipinski definition) is 4. The van der Waals surface area contributed by atoms with Crippen molar-refractivity contribution in [2.24, 2.45) is 0 Å². The van der Waals surface area contributed by atoms with Crippen LogP contribution in [0.3, 0.4) is 0 Å². The van der Waals surface area contributed by atoms with E-state index in [1.54, 1.807) is 0 Å². The molecule has 1 rings (SSSR count). The Morgan fingerprint density at radius 2 is 1.94 bits per heavy atom. The predicted molar refractivity (Wildman–Crippen MR) is 73.5 cm³/mol. The molecule has 0 fully saturated rings. The summed E-state index contributed by atoms with van der Waals surface area (Å²) in [6, 6.07) is 9.82. The summed E-state index contributed by atoms with van der Waals surface area (Å²) in [6.07, 6.45) is 1.08. The molecule has 18 heavy (non-hydrogen) atoms. The first-order chi connectivity index (χ1) is 8.63. The SMILES string of the molecule is CCSC(OC(C)=O)C(=O)CCc1ccccc1. The lowest BCUT2D eigenvalue weighted by Gasteiger charge is -2.14. The summed E-state index contributed by atoms with van der Waals surface area (Å²) in [4.78, 5) is 22.9. The summed E-state index contributed by atoms with van der Waals surface area (Å²) >= 11 is 1.36. The molecule has 0 saturated carbocycles. The summed E-state index contributed by atoms with van der Waals surface area (Å²) in [5.74, 6) is 0.310. The molecule has 0 heterocycles. The molecule has 1 aromatic carbocycles. The van der Waals surface area contributed by atoms with Gasteiger partial charge in [-0.25, -0.2) is 0 Å². The van der Waals surface area contributed by atoms with E-state index in [-0.39, 0.29) is 5.78 Å². The third-order valence-corrected chi connectivity index (χ3v) is 3.35. The molecule has 4 heteroatoms. The van der Waals surface area contributed by atoms with Crippen LogP contribution in [0.2, 0.25) is 0 Å². The summed E-state index contributed by atoms with van der Waals surface area (Å²) in [6.45, 7) is 3.26. The molecule has 98 valence electrons. The lowest BCUT2D eigenvalue weighted by Crippen LogP contribution is -2.23. The van der Waals surface area contributed by atoms with Gasteiger partial charge < -0.3 is 4.74 Å². The van der Waals surface area contributed by atoms with Crippen LogP contribution >= 0.6 is 11.8 Å². The maximum absolute atomic E-state index is 11.9. The van der Waals surface area contributed by atoms with Crippen molar-refractivity contribution in [2.45, 2.75) is 32.1 Å². The third kappa shape index (κ3) is 5.36. The number of aryl methyl sites for hydroxylation is 1. The fraction of sp³-hybridized carbons (Fsp3) is 0.429. The van der Waals surface area contributed by atoms with Gasteiger partial charge >= 0.3 is 5.97 Å². The number of benzene rings is 1. The van der Waals surface area contributed by atoms with Crippen LogP contribution in [0.4, 0.5) is 0 Å². The van der Waals surface area contributed by atoms with Gasteiger partial charge in [-0.2, -0.15) is 0 Å². The Kier molecular flexibility index (Phi) is 6.50. The van der Waals surface area contributed by atoms with E-state index in [4.69, 9.17) is 4.74 Å². The maximum Gasteiger partial charge on any atom is 0.304 e. The number of thioether (sulfide) groups is 1. The summed E-state index contributed by atoms with van der Waals surface area (Å²) < 4.78 is 5.02. The summed E-state index contributed by atoms with van der Waals surface area (Å²) in [5.41, 5.74) is 0.463. The van der Waals surface area contributed by atoms with Crippen molar-refractivity contribution in [3.05, 3.63) is 35.9 Å². The van der Waals surface area contributed by atoms with Crippen LogP contribution in [0.25, 0.3) is 0 Å². The van der Waals surface area contributed by atoms with Crippen molar-refractivity contribution < 1.29 is 14.3 Å². The highest BCUT2D eigenvalue weighted by Crippen LogP contribution is 2.16. The zero-order chi connectivity index (χ0) is 13.4. The molecule has 1 atom stereocenters. The molecular formula is C14H18O3S. The predicted octanol–water partition coefficient (Wildman–Crippen LogP) is 2.83. The number of carbonyl (C=O) groups excluding carboxylic acids is 2. The lowest BCUT2D eigenvalue weighted by molar-refractivity contribution is -0.147. The number of Topliss-reactive ketones (excluding diaryl/α,β-unsaturated/α-hetero) is 1. The average Bonchev–Trinajstić information content (AvgIpc) is 2.36. The first-order valence-electron chi connectivity index (χ1n) is 5.99. The molecule has 3 nitrogen and oxygen atoms in total. The van der Waals surface area contributed by atoms with Crippen LogP contribution < -0.4 is 0 Å². The van der Waals surface area contributed by atoms with Crippen LogP contribution in [0.5, 0.6) is 0 Å². The minimum Gasteiger partial charge on any atom is -0.443 e. The monoisotopic (exact) mass is 266 g/mol. The van der Waals surface area contributed by atoms with Gasteiger partial charge in [0.05, 0.1) is 0 Å². The van der Waals surface area contributed by atoms with E-state index in [0.717, 1.165) is 11.3 Å². The molecule has 0 aliphatic carbocycles. The second-order valence-corrected chi connectivity index (χ2v) is 5.19. The molecule has 1 unspecified atom stereocenters. The van der Waals surface area contributed by atoms with Gasteiger partial charge in [-0.05, 0) is 17.7 Å². The van der Waals surface area contributed by atoms with Crippen LogP contribution in [0.15, 0.2) is 30.3 Å². The minimum atomic E-state index is -0.656. The fourth-order valence-electron chi connectivity index (χ4n) is 1.52. The largest absolute Gasteiger partial charge is 0.443 e. The van der Waals surface area contributed by atoms with E-state index in [0.29, 0.717) is 12.8 Å². The summed E-state index contributed by atoms with van der Waals surface area (Å²) in [7, 11) is 0. The molecule has 0 N–H and O–H groups in total.